The summed E-state index contributed by atoms with van der Waals surface area (Å²) in [5.74, 6) is 0.352. The molecule has 3 N–H and O–H groups in total. The Bertz CT molecular complexity index is 700. The lowest BCUT2D eigenvalue weighted by atomic mass is 10.1. The minimum Gasteiger partial charge on any atom is -0.341 e. The highest BCUT2D eigenvalue weighted by molar-refractivity contribution is 9.10. The van der Waals surface area contributed by atoms with Gasteiger partial charge in [-0.05, 0) is 34.0 Å². The van der Waals surface area contributed by atoms with Gasteiger partial charge < -0.3 is 10.7 Å². The zero-order chi connectivity index (χ0) is 14.1. The molecule has 1 atom stereocenters. The number of hydrogen-bond donors (Lipinski definition) is 2. The molecule has 2 aromatic carbocycles. The highest BCUT2D eigenvalue weighted by Gasteiger charge is 2.13. The van der Waals surface area contributed by atoms with Crippen LogP contribution < -0.4 is 5.73 Å². The first kappa shape index (κ1) is 13.3. The third-order valence-electron chi connectivity index (χ3n) is 3.19. The van der Waals surface area contributed by atoms with E-state index in [0.29, 0.717) is 27.8 Å². The summed E-state index contributed by atoms with van der Waals surface area (Å²) in [5, 5.41) is 0. The molecule has 0 aliphatic heterocycles. The number of nitrogens with two attached hydrogens (primary N) is 1. The summed E-state index contributed by atoms with van der Waals surface area (Å²) in [6, 6.07) is 12.8. The lowest BCUT2D eigenvalue weighted by Crippen LogP contribution is -2.14. The van der Waals surface area contributed by atoms with E-state index in [1.807, 2.05) is 30.3 Å². The number of aromatic amines is 1. The number of rotatable bonds is 3. The van der Waals surface area contributed by atoms with Gasteiger partial charge in [0.2, 0.25) is 0 Å². The van der Waals surface area contributed by atoms with Gasteiger partial charge in [0, 0.05) is 6.07 Å². The van der Waals surface area contributed by atoms with Crippen LogP contribution in [-0.2, 0) is 6.42 Å². The van der Waals surface area contributed by atoms with Gasteiger partial charge in [0.15, 0.2) is 0 Å². The zero-order valence-corrected chi connectivity index (χ0v) is 12.2. The van der Waals surface area contributed by atoms with Gasteiger partial charge in [-0.25, -0.2) is 9.37 Å². The molecule has 0 radical (unpaired) electrons. The maximum absolute atomic E-state index is 13.5. The summed E-state index contributed by atoms with van der Waals surface area (Å²) in [4.78, 5) is 7.52. The van der Waals surface area contributed by atoms with Crippen molar-refractivity contribution in [3.05, 3.63) is 64.1 Å². The van der Waals surface area contributed by atoms with Gasteiger partial charge >= 0.3 is 0 Å². The molecule has 0 bridgehead atoms. The second-order valence-corrected chi connectivity index (χ2v) is 5.56. The second kappa shape index (κ2) is 5.34. The molecule has 3 aromatic rings. The summed E-state index contributed by atoms with van der Waals surface area (Å²) in [6.07, 6.45) is 0.685. The van der Waals surface area contributed by atoms with Gasteiger partial charge in [-0.1, -0.05) is 30.3 Å². The van der Waals surface area contributed by atoms with Crippen molar-refractivity contribution in [3.8, 4) is 0 Å². The Balaban J connectivity index is 1.90. The van der Waals surface area contributed by atoms with Crippen molar-refractivity contribution >= 4 is 27.0 Å². The molecule has 0 saturated carbocycles. The number of imidazole rings is 1. The second-order valence-electron chi connectivity index (χ2n) is 4.70. The molecule has 0 spiro atoms. The van der Waals surface area contributed by atoms with Crippen LogP contribution in [0.3, 0.4) is 0 Å². The minimum atomic E-state index is -0.315. The van der Waals surface area contributed by atoms with E-state index >= 15 is 0 Å². The molecule has 1 heterocycles. The number of aromatic nitrogens is 2. The molecule has 102 valence electrons. The van der Waals surface area contributed by atoms with E-state index in [-0.39, 0.29) is 11.9 Å². The van der Waals surface area contributed by atoms with E-state index < -0.39 is 0 Å². The fraction of sp³-hybridized carbons (Fsp3) is 0.133. The molecule has 0 amide bonds. The first-order valence-corrected chi connectivity index (χ1v) is 7.07. The topological polar surface area (TPSA) is 54.7 Å². The van der Waals surface area contributed by atoms with Crippen molar-refractivity contribution in [1.29, 1.82) is 0 Å². The summed E-state index contributed by atoms with van der Waals surface area (Å²) in [7, 11) is 0. The first-order chi connectivity index (χ1) is 9.63. The molecule has 5 heteroatoms. The van der Waals surface area contributed by atoms with Gasteiger partial charge in [-0.3, -0.25) is 0 Å². The fourth-order valence-corrected chi connectivity index (χ4v) is 2.50. The highest BCUT2D eigenvalue weighted by Crippen LogP contribution is 2.23. The van der Waals surface area contributed by atoms with Crippen LogP contribution in [0.4, 0.5) is 4.39 Å². The van der Waals surface area contributed by atoms with Crippen LogP contribution in [0.5, 0.6) is 0 Å². The normalized spacial score (nSPS) is 12.8. The summed E-state index contributed by atoms with van der Waals surface area (Å²) < 4.78 is 13.9. The molecule has 0 fully saturated rings. The monoisotopic (exact) mass is 333 g/mol. The van der Waals surface area contributed by atoms with Crippen LogP contribution in [0.15, 0.2) is 46.9 Å². The third kappa shape index (κ3) is 2.59. The van der Waals surface area contributed by atoms with Crippen molar-refractivity contribution in [2.75, 3.05) is 0 Å². The van der Waals surface area contributed by atoms with Crippen LogP contribution in [-0.4, -0.2) is 9.97 Å². The molecule has 3 nitrogen and oxygen atoms in total. The average Bonchev–Trinajstić information content (AvgIpc) is 2.83. The predicted molar refractivity (Wildman–Crippen MR) is 80.8 cm³/mol. The van der Waals surface area contributed by atoms with Crippen molar-refractivity contribution in [3.63, 3.8) is 0 Å². The number of hydrogen-bond acceptors (Lipinski definition) is 2. The molecule has 0 aliphatic rings. The Kier molecular flexibility index (Phi) is 3.54. The van der Waals surface area contributed by atoms with Gasteiger partial charge in [0.1, 0.15) is 11.6 Å². The van der Waals surface area contributed by atoms with Crippen molar-refractivity contribution in [1.82, 2.24) is 9.97 Å². The van der Waals surface area contributed by atoms with Crippen LogP contribution >= 0.6 is 15.9 Å². The number of nitrogens with one attached hydrogen (secondary N) is 1. The lowest BCUT2D eigenvalue weighted by molar-refractivity contribution is 0.623. The molecule has 1 aromatic heterocycles. The largest absolute Gasteiger partial charge is 0.341 e. The molecule has 1 unspecified atom stereocenters. The van der Waals surface area contributed by atoms with Crippen LogP contribution in [0.2, 0.25) is 0 Å². The van der Waals surface area contributed by atoms with Crippen molar-refractivity contribution < 1.29 is 4.39 Å². The first-order valence-electron chi connectivity index (χ1n) is 6.27. The van der Waals surface area contributed by atoms with Crippen LogP contribution in [0, 0.1) is 5.82 Å². The summed E-state index contributed by atoms with van der Waals surface area (Å²) in [6.45, 7) is 0. The van der Waals surface area contributed by atoms with E-state index in [4.69, 9.17) is 5.73 Å². The lowest BCUT2D eigenvalue weighted by Gasteiger charge is -2.08. The van der Waals surface area contributed by atoms with E-state index in [2.05, 4.69) is 25.9 Å². The number of fused-ring (bicyclic) bond motifs is 1. The maximum Gasteiger partial charge on any atom is 0.139 e. The Hall–Kier alpha value is -1.72. The smallest absolute Gasteiger partial charge is 0.139 e. The quantitative estimate of drug-likeness (QED) is 0.767. The Morgan fingerprint density at radius 2 is 2.00 bits per heavy atom. The molecule has 0 saturated heterocycles. The fourth-order valence-electron chi connectivity index (χ4n) is 2.16. The SMILES string of the molecule is NC(Cc1ccccc1)c1nc2cc(Br)c(F)cc2[nH]1. The van der Waals surface area contributed by atoms with Gasteiger partial charge in [0.25, 0.3) is 0 Å². The Morgan fingerprint density at radius 3 is 2.75 bits per heavy atom. The molecule has 0 aliphatic carbocycles. The highest BCUT2D eigenvalue weighted by atomic mass is 79.9. The van der Waals surface area contributed by atoms with E-state index in [0.717, 1.165) is 5.56 Å². The average molecular weight is 334 g/mol. The van der Waals surface area contributed by atoms with E-state index in [1.165, 1.54) is 6.07 Å². The molecule has 20 heavy (non-hydrogen) atoms. The van der Waals surface area contributed by atoms with Gasteiger partial charge in [-0.15, -0.1) is 0 Å². The molecule has 3 rings (SSSR count). The van der Waals surface area contributed by atoms with Crippen LogP contribution in [0.25, 0.3) is 11.0 Å². The number of nitrogens with zero attached hydrogens (tertiary/aromatic N) is 1. The van der Waals surface area contributed by atoms with E-state index in [1.54, 1.807) is 6.07 Å². The summed E-state index contributed by atoms with van der Waals surface area (Å²) >= 11 is 3.16. The Labute approximate surface area is 124 Å². The third-order valence-corrected chi connectivity index (χ3v) is 3.80. The van der Waals surface area contributed by atoms with Gasteiger partial charge in [0.05, 0.1) is 21.5 Å². The minimum absolute atomic E-state index is 0.244. The van der Waals surface area contributed by atoms with Crippen molar-refractivity contribution in [2.24, 2.45) is 5.73 Å². The van der Waals surface area contributed by atoms with Gasteiger partial charge in [-0.2, -0.15) is 0 Å². The summed E-state index contributed by atoms with van der Waals surface area (Å²) in [5.41, 5.74) is 8.68. The van der Waals surface area contributed by atoms with Crippen molar-refractivity contribution in [2.45, 2.75) is 12.5 Å². The number of halogens is 2. The number of benzene rings is 2. The predicted octanol–water partition coefficient (Wildman–Crippen LogP) is 3.71. The van der Waals surface area contributed by atoms with Crippen LogP contribution in [0.1, 0.15) is 17.4 Å². The zero-order valence-electron chi connectivity index (χ0n) is 10.6. The maximum atomic E-state index is 13.5. The molecular weight excluding hydrogens is 321 g/mol. The Morgan fingerprint density at radius 1 is 1.25 bits per heavy atom. The number of H-pyrrole nitrogens is 1. The molecular formula is C15H13BrFN3. The van der Waals surface area contributed by atoms with E-state index in [9.17, 15) is 4.39 Å². The standard InChI is InChI=1S/C15H13BrFN3/c16-10-7-13-14(8-11(10)17)20-15(19-13)12(18)6-9-4-2-1-3-5-9/h1-5,7-8,12H,6,18H2,(H,19,20).